The molecule has 1 aliphatic rings. The van der Waals surface area contributed by atoms with E-state index in [1.807, 2.05) is 0 Å². The monoisotopic (exact) mass is 294 g/mol. The van der Waals surface area contributed by atoms with Gasteiger partial charge in [0.1, 0.15) is 12.2 Å². The first-order valence-corrected chi connectivity index (χ1v) is 6.87. The second-order valence-electron chi connectivity index (χ2n) is 3.85. The predicted octanol–water partition coefficient (Wildman–Crippen LogP) is 2.21. The first kappa shape index (κ1) is 13.5. The molecule has 6 heteroatoms. The van der Waals surface area contributed by atoms with Gasteiger partial charge in [-0.25, -0.2) is 0 Å². The summed E-state index contributed by atoms with van der Waals surface area (Å²) in [6.45, 7) is 0.183. The third-order valence-electron chi connectivity index (χ3n) is 2.51. The quantitative estimate of drug-likeness (QED) is 0.839. The zero-order valence-corrected chi connectivity index (χ0v) is 11.2. The Kier molecular flexibility index (Phi) is 4.58. The molecule has 1 heterocycles. The van der Waals surface area contributed by atoms with Crippen LogP contribution in [-0.4, -0.2) is 40.9 Å². The average Bonchev–Trinajstić information content (AvgIpc) is 2.56. The molecule has 1 aromatic carbocycles. The smallest absolute Gasteiger partial charge is 0.109 e. The van der Waals surface area contributed by atoms with Gasteiger partial charge in [-0.2, -0.15) is 0 Å². The highest BCUT2D eigenvalue weighted by Crippen LogP contribution is 2.29. The normalized spacial score (nSPS) is 28.6. The number of halogens is 2. The Balaban J connectivity index is 1.94. The lowest BCUT2D eigenvalue weighted by atomic mass is 10.2. The molecule has 3 unspecified atom stereocenters. The van der Waals surface area contributed by atoms with Crippen LogP contribution in [0, 0.1) is 0 Å². The molecule has 0 saturated carbocycles. The highest BCUT2D eigenvalue weighted by Gasteiger charge is 2.34. The molecule has 3 nitrogen and oxygen atoms in total. The molecule has 0 spiro atoms. The fourth-order valence-electron chi connectivity index (χ4n) is 1.60. The van der Waals surface area contributed by atoms with Gasteiger partial charge in [-0.1, -0.05) is 23.2 Å². The molecule has 2 N–H and O–H groups in total. The van der Waals surface area contributed by atoms with Gasteiger partial charge in [-0.15, -0.1) is 11.8 Å². The Morgan fingerprint density at radius 2 is 1.88 bits per heavy atom. The molecule has 0 aliphatic carbocycles. The molecule has 94 valence electrons. The molecule has 17 heavy (non-hydrogen) atoms. The molecule has 1 aromatic rings. The van der Waals surface area contributed by atoms with Crippen LogP contribution in [0.15, 0.2) is 23.1 Å². The Morgan fingerprint density at radius 1 is 1.24 bits per heavy atom. The average molecular weight is 295 g/mol. The van der Waals surface area contributed by atoms with Crippen molar-refractivity contribution in [2.45, 2.75) is 23.2 Å². The van der Waals surface area contributed by atoms with E-state index < -0.39 is 12.2 Å². The standard InChI is InChI=1S/C11H12Cl2O3S/c12-6-1-7(13)3-8(2-6)17-5-10-11(15)9(14)4-16-10/h1-3,9-11,14-15H,4-5H2. The summed E-state index contributed by atoms with van der Waals surface area (Å²) in [4.78, 5) is 0.916. The summed E-state index contributed by atoms with van der Waals surface area (Å²) in [5.41, 5.74) is 0. The van der Waals surface area contributed by atoms with Crippen molar-refractivity contribution in [1.29, 1.82) is 0 Å². The lowest BCUT2D eigenvalue weighted by molar-refractivity contribution is 0.0337. The minimum absolute atomic E-state index is 0.183. The van der Waals surface area contributed by atoms with Crippen LogP contribution in [0.2, 0.25) is 10.0 Å². The molecule has 1 saturated heterocycles. The first-order valence-electron chi connectivity index (χ1n) is 5.13. The molecule has 0 bridgehead atoms. The maximum atomic E-state index is 9.60. The molecule has 0 aromatic heterocycles. The molecular formula is C11H12Cl2O3S. The number of hydrogen-bond donors (Lipinski definition) is 2. The number of rotatable bonds is 3. The fourth-order valence-corrected chi connectivity index (χ4v) is 3.33. The van der Waals surface area contributed by atoms with Gasteiger partial charge in [0.05, 0.1) is 12.7 Å². The number of aliphatic hydroxyl groups excluding tert-OH is 2. The van der Waals surface area contributed by atoms with Gasteiger partial charge >= 0.3 is 0 Å². The van der Waals surface area contributed by atoms with Crippen LogP contribution < -0.4 is 0 Å². The van der Waals surface area contributed by atoms with Crippen molar-refractivity contribution in [3.63, 3.8) is 0 Å². The topological polar surface area (TPSA) is 49.7 Å². The Labute approximate surface area is 114 Å². The Morgan fingerprint density at radius 3 is 2.41 bits per heavy atom. The number of ether oxygens (including phenoxy) is 1. The summed E-state index contributed by atoms with van der Waals surface area (Å²) in [6.07, 6.45) is -1.96. The first-order chi connectivity index (χ1) is 8.06. The van der Waals surface area contributed by atoms with E-state index in [4.69, 9.17) is 27.9 Å². The molecule has 1 fully saturated rings. The summed E-state index contributed by atoms with van der Waals surface area (Å²) < 4.78 is 5.27. The third kappa shape index (κ3) is 3.50. The number of benzene rings is 1. The molecule has 3 atom stereocenters. The van der Waals surface area contributed by atoms with E-state index in [-0.39, 0.29) is 12.7 Å². The third-order valence-corrected chi connectivity index (χ3v) is 4.01. The lowest BCUT2D eigenvalue weighted by Gasteiger charge is -2.14. The Bertz CT molecular complexity index is 382. The van der Waals surface area contributed by atoms with Crippen molar-refractivity contribution in [2.75, 3.05) is 12.4 Å². The molecule has 0 amide bonds. The highest BCUT2D eigenvalue weighted by atomic mass is 35.5. The zero-order valence-electron chi connectivity index (χ0n) is 8.85. The van der Waals surface area contributed by atoms with Gasteiger partial charge in [0.25, 0.3) is 0 Å². The Hall–Kier alpha value is 0.0300. The molecule has 0 radical (unpaired) electrons. The van der Waals surface area contributed by atoms with Crippen LogP contribution in [0.3, 0.4) is 0 Å². The summed E-state index contributed by atoms with van der Waals surface area (Å²) in [5, 5.41) is 20.1. The van der Waals surface area contributed by atoms with Gasteiger partial charge in [0.15, 0.2) is 0 Å². The van der Waals surface area contributed by atoms with Crippen LogP contribution in [0.4, 0.5) is 0 Å². The fraction of sp³-hybridized carbons (Fsp3) is 0.455. The number of thioether (sulfide) groups is 1. The van der Waals surface area contributed by atoms with Gasteiger partial charge in [-0.05, 0) is 18.2 Å². The zero-order chi connectivity index (χ0) is 12.4. The van der Waals surface area contributed by atoms with E-state index in [2.05, 4.69) is 0 Å². The van der Waals surface area contributed by atoms with E-state index in [0.29, 0.717) is 15.8 Å². The van der Waals surface area contributed by atoms with Crippen molar-refractivity contribution in [3.05, 3.63) is 28.2 Å². The van der Waals surface area contributed by atoms with E-state index in [9.17, 15) is 10.2 Å². The molecule has 1 aliphatic heterocycles. The minimum Gasteiger partial charge on any atom is -0.388 e. The SMILES string of the molecule is OC1COC(CSc2cc(Cl)cc(Cl)c2)C1O. The minimum atomic E-state index is -0.822. The summed E-state index contributed by atoms with van der Waals surface area (Å²) in [6, 6.07) is 5.27. The second-order valence-corrected chi connectivity index (χ2v) is 5.81. The van der Waals surface area contributed by atoms with Crippen molar-refractivity contribution >= 4 is 35.0 Å². The van der Waals surface area contributed by atoms with Crippen LogP contribution >= 0.6 is 35.0 Å². The van der Waals surface area contributed by atoms with Gasteiger partial charge in [0.2, 0.25) is 0 Å². The summed E-state index contributed by atoms with van der Waals surface area (Å²) in [7, 11) is 0. The van der Waals surface area contributed by atoms with Crippen LogP contribution in [0.25, 0.3) is 0 Å². The van der Waals surface area contributed by atoms with Gasteiger partial charge in [-0.3, -0.25) is 0 Å². The maximum Gasteiger partial charge on any atom is 0.109 e. The molecule has 2 rings (SSSR count). The van der Waals surface area contributed by atoms with Gasteiger partial charge < -0.3 is 14.9 Å². The van der Waals surface area contributed by atoms with E-state index in [1.54, 1.807) is 18.2 Å². The van der Waals surface area contributed by atoms with E-state index in [0.717, 1.165) is 4.90 Å². The van der Waals surface area contributed by atoms with Crippen molar-refractivity contribution in [3.8, 4) is 0 Å². The summed E-state index contributed by atoms with van der Waals surface area (Å²) >= 11 is 13.2. The van der Waals surface area contributed by atoms with E-state index >= 15 is 0 Å². The largest absolute Gasteiger partial charge is 0.388 e. The van der Waals surface area contributed by atoms with Crippen molar-refractivity contribution < 1.29 is 14.9 Å². The van der Waals surface area contributed by atoms with Crippen molar-refractivity contribution in [2.24, 2.45) is 0 Å². The number of aliphatic hydroxyl groups is 2. The van der Waals surface area contributed by atoms with Crippen molar-refractivity contribution in [1.82, 2.24) is 0 Å². The maximum absolute atomic E-state index is 9.60. The lowest BCUT2D eigenvalue weighted by Crippen LogP contribution is -2.31. The van der Waals surface area contributed by atoms with Crippen LogP contribution in [0.5, 0.6) is 0 Å². The van der Waals surface area contributed by atoms with E-state index in [1.165, 1.54) is 11.8 Å². The van der Waals surface area contributed by atoms with Crippen LogP contribution in [-0.2, 0) is 4.74 Å². The highest BCUT2D eigenvalue weighted by molar-refractivity contribution is 7.99. The van der Waals surface area contributed by atoms with Crippen LogP contribution in [0.1, 0.15) is 0 Å². The number of hydrogen-bond acceptors (Lipinski definition) is 4. The predicted molar refractivity (Wildman–Crippen MR) is 68.9 cm³/mol. The second kappa shape index (κ2) is 5.78. The molecular weight excluding hydrogens is 283 g/mol. The van der Waals surface area contributed by atoms with Gasteiger partial charge in [0, 0.05) is 20.7 Å². The summed E-state index contributed by atoms with van der Waals surface area (Å²) in [5.74, 6) is 0.550.